The quantitative estimate of drug-likeness (QED) is 0.0405. The maximum atomic E-state index is 5.39. The van der Waals surface area contributed by atoms with Gasteiger partial charge in [-0.2, -0.15) is 4.89 Å². The Morgan fingerprint density at radius 2 is 1.28 bits per heavy atom. The van der Waals surface area contributed by atoms with Crippen LogP contribution in [0, 0.1) is 5.92 Å². The number of hydrogen-bond donors (Lipinski definition) is 0. The molecule has 0 N–H and O–H groups in total. The molecule has 0 aromatic carbocycles. The molecule has 0 fully saturated rings. The molecule has 8 nitrogen and oxygen atoms in total. The second kappa shape index (κ2) is 30.1. The summed E-state index contributed by atoms with van der Waals surface area (Å²) in [5.74, 6) is 0.331. The Hall–Kier alpha value is -1.16. The molecular formula is C28H54O8. The molecule has 1 atom stereocenters. The predicted molar refractivity (Wildman–Crippen MR) is 141 cm³/mol. The van der Waals surface area contributed by atoms with Gasteiger partial charge in [0.2, 0.25) is 0 Å². The summed E-state index contributed by atoms with van der Waals surface area (Å²) in [5, 5.41) is 13.2. The van der Waals surface area contributed by atoms with Crippen molar-refractivity contribution in [2.45, 2.75) is 123 Å². The molecular weight excluding hydrogens is 464 g/mol. The number of hydrogen-bond acceptors (Lipinski definition) is 8. The smallest absolute Gasteiger partial charge is 0.143 e. The van der Waals surface area contributed by atoms with Crippen LogP contribution in [-0.2, 0) is 39.4 Å². The van der Waals surface area contributed by atoms with Gasteiger partial charge in [0.15, 0.2) is 0 Å². The summed E-state index contributed by atoms with van der Waals surface area (Å²) in [7, 11) is 1.34. The van der Waals surface area contributed by atoms with Crippen LogP contribution in [0.5, 0.6) is 0 Å². The summed E-state index contributed by atoms with van der Waals surface area (Å²) < 4.78 is 5.39. The van der Waals surface area contributed by atoms with Crippen molar-refractivity contribution in [1.82, 2.24) is 0 Å². The van der Waals surface area contributed by atoms with Crippen molar-refractivity contribution in [3.63, 3.8) is 0 Å². The number of unbranched alkanes of at least 4 members (excludes halogenated alkanes) is 16. The first-order chi connectivity index (χ1) is 17.7. The third kappa shape index (κ3) is 27.4. The van der Waals surface area contributed by atoms with Crippen LogP contribution in [0.1, 0.15) is 123 Å². The largest absolute Gasteiger partial charge is 0.378 e. The second-order valence-corrected chi connectivity index (χ2v) is 9.28. The Kier molecular flexibility index (Phi) is 29.1. The van der Waals surface area contributed by atoms with Gasteiger partial charge in [0.1, 0.15) is 18.6 Å². The average Bonchev–Trinajstić information content (AvgIpc) is 2.89. The fourth-order valence-electron chi connectivity index (χ4n) is 3.62. The number of ether oxygens (including phenoxy) is 1. The highest BCUT2D eigenvalue weighted by atomic mass is 17.7. The van der Waals surface area contributed by atoms with E-state index in [2.05, 4.69) is 33.5 Å². The molecule has 214 valence electrons. The van der Waals surface area contributed by atoms with Crippen LogP contribution < -0.4 is 0 Å². The maximum Gasteiger partial charge on any atom is 0.143 e. The number of allylic oxidation sites excluding steroid dienone is 1. The van der Waals surface area contributed by atoms with Crippen LogP contribution in [0.4, 0.5) is 0 Å². The average molecular weight is 519 g/mol. The molecule has 8 heteroatoms. The molecule has 0 amide bonds. The van der Waals surface area contributed by atoms with Crippen molar-refractivity contribution in [2.75, 3.05) is 26.9 Å². The van der Waals surface area contributed by atoms with E-state index < -0.39 is 0 Å². The summed E-state index contributed by atoms with van der Waals surface area (Å²) in [6.07, 6.45) is 26.3. The molecule has 0 bridgehead atoms. The van der Waals surface area contributed by atoms with E-state index in [9.17, 15) is 0 Å². The van der Waals surface area contributed by atoms with Gasteiger partial charge in [-0.3, -0.25) is 0 Å². The molecule has 36 heavy (non-hydrogen) atoms. The third-order valence-corrected chi connectivity index (χ3v) is 5.93. The first kappa shape index (κ1) is 34.8. The lowest BCUT2D eigenvalue weighted by Gasteiger charge is -2.12. The molecule has 0 saturated carbocycles. The Morgan fingerprint density at radius 1 is 0.722 bits per heavy atom. The summed E-state index contributed by atoms with van der Waals surface area (Å²) in [4.78, 5) is 18.6. The fraction of sp³-hybridized carbons (Fsp3) is 0.857. The zero-order valence-electron chi connectivity index (χ0n) is 23.3. The van der Waals surface area contributed by atoms with E-state index in [0.29, 0.717) is 19.0 Å². The minimum Gasteiger partial charge on any atom is -0.378 e. The summed E-state index contributed by atoms with van der Waals surface area (Å²) in [6.45, 7) is 8.73. The van der Waals surface area contributed by atoms with Crippen molar-refractivity contribution in [2.24, 2.45) is 5.92 Å². The number of rotatable bonds is 30. The van der Waals surface area contributed by atoms with Crippen molar-refractivity contribution in [3.8, 4) is 0 Å². The van der Waals surface area contributed by atoms with Crippen molar-refractivity contribution in [3.05, 3.63) is 24.7 Å². The highest BCUT2D eigenvalue weighted by Gasteiger charge is 2.09. The van der Waals surface area contributed by atoms with Gasteiger partial charge in [0.05, 0.1) is 20.3 Å². The van der Waals surface area contributed by atoms with Crippen LogP contribution in [-0.4, -0.2) is 26.9 Å². The lowest BCUT2D eigenvalue weighted by molar-refractivity contribution is -0.622. The fourth-order valence-corrected chi connectivity index (χ4v) is 3.62. The summed E-state index contributed by atoms with van der Waals surface area (Å²) in [6, 6.07) is 0. The molecule has 0 aromatic rings. The third-order valence-electron chi connectivity index (χ3n) is 5.93. The standard InChI is InChI=1S/C28H54O8/c1-5-6-7-8-9-10-11-12-13-14-15-16-17-18-19-20-21-22-23-31-35-36-32-25-24-30-26-27(2)28(3)33-34-29-4/h22-23,27H,3,5-21,24-26H2,1-2,4H3. The molecule has 0 saturated heterocycles. The first-order valence-corrected chi connectivity index (χ1v) is 14.1. The Labute approximate surface area is 220 Å². The van der Waals surface area contributed by atoms with E-state index >= 15 is 0 Å². The van der Waals surface area contributed by atoms with Crippen LogP contribution in [0.2, 0.25) is 0 Å². The highest BCUT2D eigenvalue weighted by Crippen LogP contribution is 2.14. The van der Waals surface area contributed by atoms with E-state index in [4.69, 9.17) is 19.4 Å². The van der Waals surface area contributed by atoms with Gasteiger partial charge in [-0.1, -0.05) is 117 Å². The van der Waals surface area contributed by atoms with E-state index in [1.54, 1.807) is 0 Å². The minimum absolute atomic E-state index is 0.0693. The van der Waals surface area contributed by atoms with E-state index in [1.165, 1.54) is 110 Å². The molecule has 0 aliphatic heterocycles. The van der Waals surface area contributed by atoms with Crippen LogP contribution in [0.25, 0.3) is 0 Å². The lowest BCUT2D eigenvalue weighted by atomic mass is 10.0. The maximum absolute atomic E-state index is 5.39. The molecule has 0 aliphatic rings. The molecule has 0 aromatic heterocycles. The van der Waals surface area contributed by atoms with Gasteiger partial charge >= 0.3 is 0 Å². The van der Waals surface area contributed by atoms with Gasteiger partial charge in [-0.25, -0.2) is 4.89 Å². The Morgan fingerprint density at radius 3 is 1.83 bits per heavy atom. The normalized spacial score (nSPS) is 12.3. The first-order valence-electron chi connectivity index (χ1n) is 14.1. The van der Waals surface area contributed by atoms with Crippen LogP contribution in [0.15, 0.2) is 24.7 Å². The topological polar surface area (TPSA) is 73.8 Å². The Bertz CT molecular complexity index is 472. The monoisotopic (exact) mass is 518 g/mol. The van der Waals surface area contributed by atoms with Crippen LogP contribution in [0.3, 0.4) is 0 Å². The van der Waals surface area contributed by atoms with Gasteiger partial charge in [0, 0.05) is 11.0 Å². The molecule has 0 rings (SSSR count). The van der Waals surface area contributed by atoms with E-state index in [0.717, 1.165) is 12.8 Å². The Balaban J connectivity index is 3.19. The second-order valence-electron chi connectivity index (χ2n) is 9.28. The zero-order valence-corrected chi connectivity index (χ0v) is 23.3. The van der Waals surface area contributed by atoms with Gasteiger partial charge < -0.3 is 14.5 Å². The lowest BCUT2D eigenvalue weighted by Crippen LogP contribution is -2.13. The van der Waals surface area contributed by atoms with E-state index in [1.807, 2.05) is 13.0 Å². The van der Waals surface area contributed by atoms with Gasteiger partial charge in [-0.05, 0) is 29.0 Å². The molecule has 0 aliphatic carbocycles. The summed E-state index contributed by atoms with van der Waals surface area (Å²) in [5.41, 5.74) is 0. The highest BCUT2D eigenvalue weighted by molar-refractivity contribution is 4.87. The molecule has 1 unspecified atom stereocenters. The van der Waals surface area contributed by atoms with Gasteiger partial charge in [0.25, 0.3) is 0 Å². The molecule has 0 heterocycles. The van der Waals surface area contributed by atoms with Gasteiger partial charge in [-0.15, -0.1) is 0 Å². The molecule has 0 radical (unpaired) electrons. The SMILES string of the molecule is C=C(OOOC)C(C)COCCOOOOC=CCCCCCCCCCCCCCCCCCC. The van der Waals surface area contributed by atoms with Crippen LogP contribution >= 0.6 is 0 Å². The summed E-state index contributed by atoms with van der Waals surface area (Å²) >= 11 is 0. The van der Waals surface area contributed by atoms with Crippen molar-refractivity contribution in [1.29, 1.82) is 0 Å². The zero-order chi connectivity index (χ0) is 26.4. The minimum atomic E-state index is -0.0693. The van der Waals surface area contributed by atoms with Crippen molar-refractivity contribution >= 4 is 0 Å². The predicted octanol–water partition coefficient (Wildman–Crippen LogP) is 8.64. The van der Waals surface area contributed by atoms with Crippen molar-refractivity contribution < 1.29 is 39.4 Å². The molecule has 0 spiro atoms. The van der Waals surface area contributed by atoms with E-state index in [-0.39, 0.29) is 12.5 Å².